The minimum absolute atomic E-state index is 0.0759. The van der Waals surface area contributed by atoms with Crippen molar-refractivity contribution in [1.29, 1.82) is 0 Å². The lowest BCUT2D eigenvalue weighted by Gasteiger charge is -2.01. The molecule has 0 rings (SSSR count). The van der Waals surface area contributed by atoms with Crippen LogP contribution in [0.1, 0.15) is 13.8 Å². The molecule has 4 nitrogen and oxygen atoms in total. The van der Waals surface area contributed by atoms with Crippen LogP contribution in [-0.4, -0.2) is 25.2 Å². The van der Waals surface area contributed by atoms with Gasteiger partial charge in [-0.3, -0.25) is 0 Å². The second-order valence-corrected chi connectivity index (χ2v) is 2.33. The molecule has 0 aliphatic carbocycles. The van der Waals surface area contributed by atoms with Gasteiger partial charge in [-0.15, -0.1) is 0 Å². The van der Waals surface area contributed by atoms with E-state index in [4.69, 9.17) is 0 Å². The highest BCUT2D eigenvalue weighted by atomic mass is 16.6. The van der Waals surface area contributed by atoms with E-state index in [1.54, 1.807) is 26.0 Å². The Hall–Kier alpha value is -1.58. The first-order valence-electron chi connectivity index (χ1n) is 4.29. The van der Waals surface area contributed by atoms with E-state index in [0.717, 1.165) is 0 Å². The number of ether oxygens (including phenoxy) is 2. The van der Waals surface area contributed by atoms with E-state index in [1.165, 1.54) is 12.2 Å². The number of allylic oxidation sites excluding steroid dienone is 2. The zero-order valence-corrected chi connectivity index (χ0v) is 8.36. The van der Waals surface area contributed by atoms with Gasteiger partial charge in [-0.05, 0) is 13.8 Å². The summed E-state index contributed by atoms with van der Waals surface area (Å²) in [7, 11) is 0. The minimum Gasteiger partial charge on any atom is -0.459 e. The molecule has 0 aromatic carbocycles. The smallest absolute Gasteiger partial charge is 0.330 e. The van der Waals surface area contributed by atoms with Crippen molar-refractivity contribution in [3.8, 4) is 0 Å². The normalized spacial score (nSPS) is 10.7. The van der Waals surface area contributed by atoms with Crippen LogP contribution in [0.2, 0.25) is 0 Å². The van der Waals surface area contributed by atoms with Crippen LogP contribution in [0.4, 0.5) is 0 Å². The van der Waals surface area contributed by atoms with Crippen molar-refractivity contribution >= 4 is 11.9 Å². The van der Waals surface area contributed by atoms with Crippen LogP contribution in [0.5, 0.6) is 0 Å². The van der Waals surface area contributed by atoms with Crippen molar-refractivity contribution < 1.29 is 19.1 Å². The second-order valence-electron chi connectivity index (χ2n) is 2.33. The molecule has 0 bridgehead atoms. The second kappa shape index (κ2) is 8.04. The van der Waals surface area contributed by atoms with Crippen molar-refractivity contribution in [2.45, 2.75) is 13.8 Å². The van der Waals surface area contributed by atoms with Crippen LogP contribution in [0.15, 0.2) is 24.3 Å². The molecule has 4 heteroatoms. The molecule has 14 heavy (non-hydrogen) atoms. The van der Waals surface area contributed by atoms with Gasteiger partial charge >= 0.3 is 11.9 Å². The quantitative estimate of drug-likeness (QED) is 0.378. The lowest BCUT2D eigenvalue weighted by atomic mass is 10.5. The third-order valence-electron chi connectivity index (χ3n) is 1.18. The Labute approximate surface area is 83.2 Å². The molecular weight excluding hydrogens is 184 g/mol. The van der Waals surface area contributed by atoms with Gasteiger partial charge in [-0.2, -0.15) is 0 Å². The Morgan fingerprint density at radius 2 is 1.29 bits per heavy atom. The largest absolute Gasteiger partial charge is 0.459 e. The predicted molar refractivity (Wildman–Crippen MR) is 51.5 cm³/mol. The van der Waals surface area contributed by atoms with Gasteiger partial charge in [0.1, 0.15) is 13.2 Å². The number of hydrogen-bond acceptors (Lipinski definition) is 4. The molecule has 0 aromatic heterocycles. The van der Waals surface area contributed by atoms with E-state index in [0.29, 0.717) is 0 Å². The third-order valence-corrected chi connectivity index (χ3v) is 1.18. The summed E-state index contributed by atoms with van der Waals surface area (Å²) >= 11 is 0. The van der Waals surface area contributed by atoms with E-state index >= 15 is 0 Å². The maximum Gasteiger partial charge on any atom is 0.330 e. The predicted octanol–water partition coefficient (Wildman–Crippen LogP) is 1.22. The Morgan fingerprint density at radius 3 is 1.57 bits per heavy atom. The molecule has 0 unspecified atom stereocenters. The topological polar surface area (TPSA) is 52.6 Å². The molecule has 0 spiro atoms. The van der Waals surface area contributed by atoms with Crippen molar-refractivity contribution in [3.63, 3.8) is 0 Å². The van der Waals surface area contributed by atoms with E-state index in [1.807, 2.05) is 0 Å². The molecule has 0 radical (unpaired) electrons. The van der Waals surface area contributed by atoms with Gasteiger partial charge in [-0.25, -0.2) is 9.59 Å². The van der Waals surface area contributed by atoms with Crippen LogP contribution in [0.3, 0.4) is 0 Å². The highest BCUT2D eigenvalue weighted by Gasteiger charge is 1.98. The molecule has 0 amide bonds. The molecule has 78 valence electrons. The molecule has 0 atom stereocenters. The van der Waals surface area contributed by atoms with Crippen LogP contribution >= 0.6 is 0 Å². The molecule has 0 fully saturated rings. The average Bonchev–Trinajstić information content (AvgIpc) is 2.13. The van der Waals surface area contributed by atoms with E-state index in [9.17, 15) is 9.59 Å². The van der Waals surface area contributed by atoms with Crippen LogP contribution < -0.4 is 0 Å². The maximum absolute atomic E-state index is 10.7. The van der Waals surface area contributed by atoms with E-state index in [2.05, 4.69) is 9.47 Å². The van der Waals surface area contributed by atoms with Crippen molar-refractivity contribution in [2.75, 3.05) is 13.2 Å². The molecule has 0 saturated heterocycles. The van der Waals surface area contributed by atoms with Gasteiger partial charge in [0.2, 0.25) is 0 Å². The highest BCUT2D eigenvalue weighted by Crippen LogP contribution is 1.85. The molecule has 0 aliphatic heterocycles. The van der Waals surface area contributed by atoms with Crippen molar-refractivity contribution in [3.05, 3.63) is 24.3 Å². The summed E-state index contributed by atoms with van der Waals surface area (Å²) in [5.41, 5.74) is 0. The van der Waals surface area contributed by atoms with Crippen LogP contribution in [0, 0.1) is 0 Å². The molecule has 0 N–H and O–H groups in total. The summed E-state index contributed by atoms with van der Waals surface area (Å²) < 4.78 is 9.37. The minimum atomic E-state index is -0.436. The fourth-order valence-corrected chi connectivity index (χ4v) is 0.653. The first-order valence-corrected chi connectivity index (χ1v) is 4.29. The van der Waals surface area contributed by atoms with Crippen molar-refractivity contribution in [2.24, 2.45) is 0 Å². The van der Waals surface area contributed by atoms with Gasteiger partial charge < -0.3 is 9.47 Å². The van der Waals surface area contributed by atoms with E-state index < -0.39 is 11.9 Å². The Kier molecular flexibility index (Phi) is 7.13. The lowest BCUT2D eigenvalue weighted by Crippen LogP contribution is -2.11. The van der Waals surface area contributed by atoms with Gasteiger partial charge in [0.15, 0.2) is 0 Å². The monoisotopic (exact) mass is 198 g/mol. The third kappa shape index (κ3) is 7.09. The summed E-state index contributed by atoms with van der Waals surface area (Å²) in [6.45, 7) is 3.58. The fraction of sp³-hybridized carbons (Fsp3) is 0.400. The lowest BCUT2D eigenvalue weighted by molar-refractivity contribution is -0.146. The average molecular weight is 198 g/mol. The van der Waals surface area contributed by atoms with Gasteiger partial charge in [0.25, 0.3) is 0 Å². The summed E-state index contributed by atoms with van der Waals surface area (Å²) in [4.78, 5) is 21.5. The van der Waals surface area contributed by atoms with Gasteiger partial charge in [0.05, 0.1) is 0 Å². The zero-order valence-electron chi connectivity index (χ0n) is 8.36. The first kappa shape index (κ1) is 12.4. The Balaban J connectivity index is 3.47. The number of hydrogen-bond donors (Lipinski definition) is 0. The summed E-state index contributed by atoms with van der Waals surface area (Å²) in [5.74, 6) is -0.871. The molecule has 0 heterocycles. The Morgan fingerprint density at radius 1 is 0.929 bits per heavy atom. The molecule has 0 aliphatic rings. The molecule has 0 saturated carbocycles. The number of carbonyl (C=O) groups is 2. The standard InChI is InChI=1S/C10H14O4/c1-3-5-9(11)13-7-8-14-10(12)6-4-2/h3-6H,7-8H2,1-2H3/b5-3+,6-4+. The van der Waals surface area contributed by atoms with E-state index in [-0.39, 0.29) is 13.2 Å². The van der Waals surface area contributed by atoms with Crippen molar-refractivity contribution in [1.82, 2.24) is 0 Å². The molecule has 0 aromatic rings. The summed E-state index contributed by atoms with van der Waals surface area (Å²) in [5, 5.41) is 0. The maximum atomic E-state index is 10.7. The van der Waals surface area contributed by atoms with Gasteiger partial charge in [-0.1, -0.05) is 12.2 Å². The summed E-state index contributed by atoms with van der Waals surface area (Å²) in [6.07, 6.45) is 5.75. The zero-order chi connectivity index (χ0) is 10.8. The van der Waals surface area contributed by atoms with Crippen LogP contribution in [0.25, 0.3) is 0 Å². The summed E-state index contributed by atoms with van der Waals surface area (Å²) in [6, 6.07) is 0. The fourth-order valence-electron chi connectivity index (χ4n) is 0.653. The highest BCUT2D eigenvalue weighted by molar-refractivity contribution is 5.82. The number of esters is 2. The number of rotatable bonds is 5. The molecular formula is C10H14O4. The first-order chi connectivity index (χ1) is 6.70. The SMILES string of the molecule is C/C=C/C(=O)OCCOC(=O)/C=C/C. The van der Waals surface area contributed by atoms with Gasteiger partial charge in [0, 0.05) is 12.2 Å². The van der Waals surface area contributed by atoms with Crippen LogP contribution in [-0.2, 0) is 19.1 Å². The number of carbonyl (C=O) groups excluding carboxylic acids is 2. The Bertz CT molecular complexity index is 215.